The van der Waals surface area contributed by atoms with Crippen molar-refractivity contribution in [1.82, 2.24) is 15.5 Å². The largest absolute Gasteiger partial charge is 0.351 e. The molecule has 0 unspecified atom stereocenters. The standard InChI is InChI=1S/C15H16F2N4O/c1-2-3-8-18-15(22)13-6-7-14(21-20-13)19-10-4-5-11(16)12(17)9-10/h4-7,9H,2-3,8H2,1H3,(H,18,22)(H,19,21). The SMILES string of the molecule is CCCCNC(=O)c1ccc(Nc2ccc(F)c(F)c2)nn1. The quantitative estimate of drug-likeness (QED) is 0.805. The molecule has 2 rings (SSSR count). The summed E-state index contributed by atoms with van der Waals surface area (Å²) >= 11 is 0. The lowest BCUT2D eigenvalue weighted by atomic mass is 10.3. The maximum atomic E-state index is 13.1. The summed E-state index contributed by atoms with van der Waals surface area (Å²) in [6.07, 6.45) is 1.89. The van der Waals surface area contributed by atoms with Crippen molar-refractivity contribution in [2.45, 2.75) is 19.8 Å². The first-order valence-electron chi connectivity index (χ1n) is 6.94. The molecular formula is C15H16F2N4O. The first kappa shape index (κ1) is 15.8. The van der Waals surface area contributed by atoms with Gasteiger partial charge in [-0.1, -0.05) is 13.3 Å². The minimum atomic E-state index is -0.954. The summed E-state index contributed by atoms with van der Waals surface area (Å²) in [6, 6.07) is 6.47. The molecule has 0 aliphatic carbocycles. The number of aromatic nitrogens is 2. The molecule has 0 aliphatic rings. The van der Waals surface area contributed by atoms with E-state index in [9.17, 15) is 13.6 Å². The van der Waals surface area contributed by atoms with Crippen LogP contribution in [-0.4, -0.2) is 22.6 Å². The van der Waals surface area contributed by atoms with Crippen LogP contribution in [0.1, 0.15) is 30.3 Å². The molecule has 0 saturated heterocycles. The fourth-order valence-corrected chi connectivity index (χ4v) is 1.71. The number of nitrogens with one attached hydrogen (secondary N) is 2. The van der Waals surface area contributed by atoms with E-state index < -0.39 is 11.6 Å². The zero-order valence-electron chi connectivity index (χ0n) is 12.1. The fraction of sp³-hybridized carbons (Fsp3) is 0.267. The monoisotopic (exact) mass is 306 g/mol. The summed E-state index contributed by atoms with van der Waals surface area (Å²) in [7, 11) is 0. The second-order valence-electron chi connectivity index (χ2n) is 4.67. The summed E-state index contributed by atoms with van der Waals surface area (Å²) in [5.74, 6) is -1.84. The second kappa shape index (κ2) is 7.44. The van der Waals surface area contributed by atoms with Crippen LogP contribution in [-0.2, 0) is 0 Å². The molecule has 7 heteroatoms. The topological polar surface area (TPSA) is 66.9 Å². The van der Waals surface area contributed by atoms with Gasteiger partial charge in [-0.2, -0.15) is 0 Å². The summed E-state index contributed by atoms with van der Waals surface area (Å²) in [5.41, 5.74) is 0.542. The lowest BCUT2D eigenvalue weighted by Gasteiger charge is -2.06. The van der Waals surface area contributed by atoms with Crippen LogP contribution >= 0.6 is 0 Å². The smallest absolute Gasteiger partial charge is 0.271 e. The van der Waals surface area contributed by atoms with E-state index in [1.165, 1.54) is 12.1 Å². The van der Waals surface area contributed by atoms with Crippen molar-refractivity contribution in [2.24, 2.45) is 0 Å². The zero-order valence-corrected chi connectivity index (χ0v) is 12.1. The number of hydrogen-bond donors (Lipinski definition) is 2. The van der Waals surface area contributed by atoms with Gasteiger partial charge in [0.15, 0.2) is 23.1 Å². The van der Waals surface area contributed by atoms with Crippen LogP contribution in [0.2, 0.25) is 0 Å². The summed E-state index contributed by atoms with van der Waals surface area (Å²) < 4.78 is 25.9. The molecule has 0 radical (unpaired) electrons. The number of hydrogen-bond acceptors (Lipinski definition) is 4. The number of carbonyl (C=O) groups is 1. The second-order valence-corrected chi connectivity index (χ2v) is 4.67. The Kier molecular flexibility index (Phi) is 5.35. The summed E-state index contributed by atoms with van der Waals surface area (Å²) in [4.78, 5) is 11.7. The molecule has 2 N–H and O–H groups in total. The molecule has 1 heterocycles. The predicted octanol–water partition coefficient (Wildman–Crippen LogP) is 3.03. The van der Waals surface area contributed by atoms with Crippen LogP contribution in [0.3, 0.4) is 0 Å². The van der Waals surface area contributed by atoms with Crippen LogP contribution in [0.4, 0.5) is 20.3 Å². The highest BCUT2D eigenvalue weighted by Gasteiger charge is 2.08. The number of halogens is 2. The van der Waals surface area contributed by atoms with Crippen molar-refractivity contribution >= 4 is 17.4 Å². The van der Waals surface area contributed by atoms with Crippen molar-refractivity contribution in [2.75, 3.05) is 11.9 Å². The molecule has 0 aliphatic heterocycles. The van der Waals surface area contributed by atoms with E-state index in [2.05, 4.69) is 20.8 Å². The molecule has 22 heavy (non-hydrogen) atoms. The Bertz CT molecular complexity index is 646. The number of anilines is 2. The highest BCUT2D eigenvalue weighted by molar-refractivity contribution is 5.92. The normalized spacial score (nSPS) is 10.3. The van der Waals surface area contributed by atoms with Crippen LogP contribution < -0.4 is 10.6 Å². The van der Waals surface area contributed by atoms with E-state index in [1.807, 2.05) is 6.92 Å². The highest BCUT2D eigenvalue weighted by Crippen LogP contribution is 2.17. The maximum absolute atomic E-state index is 13.1. The number of nitrogens with zero attached hydrogens (tertiary/aromatic N) is 2. The summed E-state index contributed by atoms with van der Waals surface area (Å²) in [6.45, 7) is 2.62. The van der Waals surface area contributed by atoms with Gasteiger partial charge in [-0.15, -0.1) is 10.2 Å². The van der Waals surface area contributed by atoms with Crippen LogP contribution in [0.25, 0.3) is 0 Å². The van der Waals surface area contributed by atoms with E-state index in [4.69, 9.17) is 0 Å². The number of carbonyl (C=O) groups excluding carboxylic acids is 1. The van der Waals surface area contributed by atoms with Crippen LogP contribution in [0.15, 0.2) is 30.3 Å². The van der Waals surface area contributed by atoms with Crippen molar-refractivity contribution in [3.8, 4) is 0 Å². The Labute approximate surface area is 126 Å². The molecule has 5 nitrogen and oxygen atoms in total. The first-order chi connectivity index (χ1) is 10.6. The lowest BCUT2D eigenvalue weighted by molar-refractivity contribution is 0.0947. The lowest BCUT2D eigenvalue weighted by Crippen LogP contribution is -2.25. The van der Waals surface area contributed by atoms with Gasteiger partial charge < -0.3 is 10.6 Å². The Morgan fingerprint density at radius 1 is 1.14 bits per heavy atom. The maximum Gasteiger partial charge on any atom is 0.271 e. The van der Waals surface area contributed by atoms with Gasteiger partial charge in [0.25, 0.3) is 5.91 Å². The molecule has 0 spiro atoms. The third-order valence-electron chi connectivity index (χ3n) is 2.91. The van der Waals surface area contributed by atoms with Crippen LogP contribution in [0.5, 0.6) is 0 Å². The number of rotatable bonds is 6. The highest BCUT2D eigenvalue weighted by atomic mass is 19.2. The molecule has 1 aromatic heterocycles. The Balaban J connectivity index is 1.99. The third kappa shape index (κ3) is 4.21. The van der Waals surface area contributed by atoms with E-state index in [0.29, 0.717) is 18.1 Å². The molecular weight excluding hydrogens is 290 g/mol. The Morgan fingerprint density at radius 2 is 1.95 bits per heavy atom. The molecule has 0 fully saturated rings. The number of unbranched alkanes of at least 4 members (excludes halogenated alkanes) is 1. The van der Waals surface area contributed by atoms with Gasteiger partial charge in [0.2, 0.25) is 0 Å². The average molecular weight is 306 g/mol. The predicted molar refractivity (Wildman–Crippen MR) is 78.9 cm³/mol. The van der Waals surface area contributed by atoms with Gasteiger partial charge in [0.1, 0.15) is 0 Å². The van der Waals surface area contributed by atoms with E-state index >= 15 is 0 Å². The van der Waals surface area contributed by atoms with Crippen molar-refractivity contribution < 1.29 is 13.6 Å². The van der Waals surface area contributed by atoms with Gasteiger partial charge >= 0.3 is 0 Å². The average Bonchev–Trinajstić information content (AvgIpc) is 2.52. The van der Waals surface area contributed by atoms with Gasteiger partial charge in [-0.3, -0.25) is 4.79 Å². The number of benzene rings is 1. The fourth-order valence-electron chi connectivity index (χ4n) is 1.71. The van der Waals surface area contributed by atoms with Crippen LogP contribution in [0, 0.1) is 11.6 Å². The van der Waals surface area contributed by atoms with E-state index in [0.717, 1.165) is 25.0 Å². The zero-order chi connectivity index (χ0) is 15.9. The molecule has 2 aromatic rings. The van der Waals surface area contributed by atoms with E-state index in [-0.39, 0.29) is 11.6 Å². The van der Waals surface area contributed by atoms with E-state index in [1.54, 1.807) is 6.07 Å². The Morgan fingerprint density at radius 3 is 2.59 bits per heavy atom. The Hall–Kier alpha value is -2.57. The molecule has 0 saturated carbocycles. The third-order valence-corrected chi connectivity index (χ3v) is 2.91. The van der Waals surface area contributed by atoms with Gasteiger partial charge in [-0.05, 0) is 30.7 Å². The minimum absolute atomic E-state index is 0.201. The number of amides is 1. The molecule has 0 atom stereocenters. The molecule has 0 bridgehead atoms. The van der Waals surface area contributed by atoms with Crippen molar-refractivity contribution in [3.05, 3.63) is 47.7 Å². The van der Waals surface area contributed by atoms with Gasteiger partial charge in [0.05, 0.1) is 0 Å². The molecule has 1 aromatic carbocycles. The van der Waals surface area contributed by atoms with Gasteiger partial charge in [-0.25, -0.2) is 8.78 Å². The first-order valence-corrected chi connectivity index (χ1v) is 6.94. The summed E-state index contributed by atoms with van der Waals surface area (Å²) in [5, 5.41) is 13.1. The van der Waals surface area contributed by atoms with Crippen molar-refractivity contribution in [3.63, 3.8) is 0 Å². The molecule has 116 valence electrons. The van der Waals surface area contributed by atoms with Crippen molar-refractivity contribution in [1.29, 1.82) is 0 Å². The molecule has 1 amide bonds. The minimum Gasteiger partial charge on any atom is -0.351 e. The van der Waals surface area contributed by atoms with Gasteiger partial charge in [0, 0.05) is 18.3 Å².